The molecule has 6 nitrogen and oxygen atoms in total. The zero-order valence-corrected chi connectivity index (χ0v) is 16.6. The predicted octanol–water partition coefficient (Wildman–Crippen LogP) is 4.48. The first-order valence-electron chi connectivity index (χ1n) is 8.03. The average Bonchev–Trinajstić information content (AvgIpc) is 2.71. The van der Waals surface area contributed by atoms with E-state index >= 15 is 0 Å². The van der Waals surface area contributed by atoms with E-state index in [-0.39, 0.29) is 0 Å². The van der Waals surface area contributed by atoms with Crippen molar-refractivity contribution < 1.29 is 14.3 Å². The van der Waals surface area contributed by atoms with Gasteiger partial charge in [0, 0.05) is 27.5 Å². The number of carbonyl (C=O) groups excluding carboxylic acids is 2. The number of halogens is 2. The van der Waals surface area contributed by atoms with E-state index in [1.54, 1.807) is 60.8 Å². The summed E-state index contributed by atoms with van der Waals surface area (Å²) in [5.74, 6) is -0.644. The fraction of sp³-hybridized carbons (Fsp3) is 0. The Morgan fingerprint density at radius 2 is 1.89 bits per heavy atom. The lowest BCUT2D eigenvalue weighted by atomic mass is 10.2. The fourth-order valence-corrected chi connectivity index (χ4v) is 2.68. The molecule has 0 bridgehead atoms. The van der Waals surface area contributed by atoms with Crippen molar-refractivity contribution in [3.8, 4) is 5.75 Å². The number of benzene rings is 2. The van der Waals surface area contributed by atoms with Crippen LogP contribution in [-0.2, 0) is 0 Å². The van der Waals surface area contributed by atoms with Crippen LogP contribution < -0.4 is 10.2 Å². The zero-order valence-electron chi connectivity index (χ0n) is 14.3. The van der Waals surface area contributed by atoms with Gasteiger partial charge in [0.15, 0.2) is 0 Å². The summed E-state index contributed by atoms with van der Waals surface area (Å²) >= 11 is 9.19. The highest BCUT2D eigenvalue weighted by molar-refractivity contribution is 9.10. The standard InChI is InChI=1S/C20H13BrClN3O3/c21-16-5-8-18(28-20(27)13-3-6-17(22)7-4-13)15(10-16)12-24-25-19(26)14-2-1-9-23-11-14/h1-12H,(H,25,26)/b24-12+. The molecule has 1 aromatic heterocycles. The van der Waals surface area contributed by atoms with E-state index in [9.17, 15) is 9.59 Å². The van der Waals surface area contributed by atoms with Crippen molar-refractivity contribution in [2.45, 2.75) is 0 Å². The molecule has 0 aliphatic heterocycles. The van der Waals surface area contributed by atoms with E-state index in [4.69, 9.17) is 16.3 Å². The highest BCUT2D eigenvalue weighted by Crippen LogP contribution is 2.23. The van der Waals surface area contributed by atoms with Crippen molar-refractivity contribution in [1.82, 2.24) is 10.4 Å². The second-order valence-corrected chi connectivity index (χ2v) is 6.87. The summed E-state index contributed by atoms with van der Waals surface area (Å²) in [5, 5.41) is 4.45. The lowest BCUT2D eigenvalue weighted by molar-refractivity contribution is 0.0734. The van der Waals surface area contributed by atoms with Crippen LogP contribution in [0.15, 0.2) is 76.6 Å². The van der Waals surface area contributed by atoms with Gasteiger partial charge in [-0.25, -0.2) is 10.2 Å². The minimum atomic E-state index is -0.534. The molecule has 140 valence electrons. The van der Waals surface area contributed by atoms with Crippen LogP contribution >= 0.6 is 27.5 Å². The maximum Gasteiger partial charge on any atom is 0.343 e. The van der Waals surface area contributed by atoms with Crippen molar-refractivity contribution in [1.29, 1.82) is 0 Å². The third-order valence-corrected chi connectivity index (χ3v) is 4.29. The molecule has 0 aliphatic rings. The Hall–Kier alpha value is -3.03. The van der Waals surface area contributed by atoms with E-state index < -0.39 is 11.9 Å². The van der Waals surface area contributed by atoms with Gasteiger partial charge < -0.3 is 4.74 Å². The number of carbonyl (C=O) groups is 2. The Bertz CT molecular complexity index is 1020. The lowest BCUT2D eigenvalue weighted by Gasteiger charge is -2.08. The molecule has 2 aromatic carbocycles. The Labute approximate surface area is 174 Å². The summed E-state index contributed by atoms with van der Waals surface area (Å²) < 4.78 is 6.21. The molecule has 0 radical (unpaired) electrons. The molecule has 1 N–H and O–H groups in total. The van der Waals surface area contributed by atoms with Crippen LogP contribution in [0.4, 0.5) is 0 Å². The van der Waals surface area contributed by atoms with Crippen molar-refractivity contribution in [2.24, 2.45) is 5.10 Å². The van der Waals surface area contributed by atoms with E-state index in [1.165, 1.54) is 12.4 Å². The normalized spacial score (nSPS) is 10.6. The van der Waals surface area contributed by atoms with E-state index in [0.29, 0.717) is 27.5 Å². The Morgan fingerprint density at radius 3 is 2.61 bits per heavy atom. The third-order valence-electron chi connectivity index (χ3n) is 3.55. The highest BCUT2D eigenvalue weighted by Gasteiger charge is 2.12. The van der Waals surface area contributed by atoms with Gasteiger partial charge in [-0.1, -0.05) is 27.5 Å². The second-order valence-electron chi connectivity index (χ2n) is 5.52. The smallest absolute Gasteiger partial charge is 0.343 e. The maximum atomic E-state index is 12.3. The number of pyridine rings is 1. The molecule has 8 heteroatoms. The molecule has 0 fully saturated rings. The van der Waals surface area contributed by atoms with Crippen molar-refractivity contribution >= 4 is 45.6 Å². The first-order chi connectivity index (χ1) is 13.5. The molecule has 0 atom stereocenters. The van der Waals surface area contributed by atoms with Crippen molar-refractivity contribution in [3.05, 3.63) is 93.2 Å². The van der Waals surface area contributed by atoms with E-state index in [1.807, 2.05) is 0 Å². The number of ether oxygens (including phenoxy) is 1. The molecular formula is C20H13BrClN3O3. The Morgan fingerprint density at radius 1 is 1.11 bits per heavy atom. The van der Waals surface area contributed by atoms with Crippen LogP contribution in [0.1, 0.15) is 26.3 Å². The molecule has 3 aromatic rings. The van der Waals surface area contributed by atoms with Gasteiger partial charge in [-0.3, -0.25) is 9.78 Å². The van der Waals surface area contributed by atoms with Crippen LogP contribution in [0.5, 0.6) is 5.75 Å². The number of amides is 1. The minimum absolute atomic E-state index is 0.294. The summed E-state index contributed by atoms with van der Waals surface area (Å²) in [6.45, 7) is 0. The summed E-state index contributed by atoms with van der Waals surface area (Å²) in [7, 11) is 0. The summed E-state index contributed by atoms with van der Waals surface area (Å²) in [6.07, 6.45) is 4.40. The van der Waals surface area contributed by atoms with Crippen LogP contribution in [-0.4, -0.2) is 23.1 Å². The molecule has 1 amide bonds. The SMILES string of the molecule is O=C(N/N=C/c1cc(Br)ccc1OC(=O)c1ccc(Cl)cc1)c1cccnc1. The number of esters is 1. The Kier molecular flexibility index (Phi) is 6.52. The van der Waals surface area contributed by atoms with Gasteiger partial charge >= 0.3 is 5.97 Å². The van der Waals surface area contributed by atoms with Gasteiger partial charge in [0.1, 0.15) is 5.75 Å². The minimum Gasteiger partial charge on any atom is -0.422 e. The predicted molar refractivity (Wildman–Crippen MR) is 110 cm³/mol. The molecule has 28 heavy (non-hydrogen) atoms. The first-order valence-corrected chi connectivity index (χ1v) is 9.21. The average molecular weight is 459 g/mol. The monoisotopic (exact) mass is 457 g/mol. The quantitative estimate of drug-likeness (QED) is 0.264. The number of hydrazone groups is 1. The topological polar surface area (TPSA) is 80.6 Å². The molecule has 0 aliphatic carbocycles. The van der Waals surface area contributed by atoms with Gasteiger partial charge in [-0.15, -0.1) is 0 Å². The van der Waals surface area contributed by atoms with Gasteiger partial charge in [0.25, 0.3) is 5.91 Å². The van der Waals surface area contributed by atoms with Crippen LogP contribution in [0, 0.1) is 0 Å². The number of nitrogens with zero attached hydrogens (tertiary/aromatic N) is 2. The molecule has 3 rings (SSSR count). The van der Waals surface area contributed by atoms with Crippen molar-refractivity contribution in [3.63, 3.8) is 0 Å². The molecule has 0 saturated heterocycles. The number of hydrogen-bond acceptors (Lipinski definition) is 5. The van der Waals surface area contributed by atoms with E-state index in [2.05, 4.69) is 31.4 Å². The van der Waals surface area contributed by atoms with Gasteiger partial charge in [-0.05, 0) is 54.6 Å². The van der Waals surface area contributed by atoms with Crippen LogP contribution in [0.2, 0.25) is 5.02 Å². The van der Waals surface area contributed by atoms with Gasteiger partial charge in [0.2, 0.25) is 0 Å². The molecule has 1 heterocycles. The number of rotatable bonds is 5. The summed E-state index contributed by atoms with van der Waals surface area (Å²) in [5.41, 5.74) is 3.65. The van der Waals surface area contributed by atoms with E-state index in [0.717, 1.165) is 4.47 Å². The molecule has 0 unspecified atom stereocenters. The zero-order chi connectivity index (χ0) is 19.9. The number of aromatic nitrogens is 1. The van der Waals surface area contributed by atoms with Crippen molar-refractivity contribution in [2.75, 3.05) is 0 Å². The first kappa shape index (κ1) is 19.7. The largest absolute Gasteiger partial charge is 0.422 e. The Balaban J connectivity index is 1.74. The fourth-order valence-electron chi connectivity index (χ4n) is 2.18. The summed E-state index contributed by atoms with van der Waals surface area (Å²) in [6, 6.07) is 14.7. The number of nitrogens with one attached hydrogen (secondary N) is 1. The summed E-state index contributed by atoms with van der Waals surface area (Å²) in [4.78, 5) is 28.2. The molecular weight excluding hydrogens is 446 g/mol. The second kappa shape index (κ2) is 9.25. The third kappa shape index (κ3) is 5.25. The molecule has 0 spiro atoms. The van der Waals surface area contributed by atoms with Crippen LogP contribution in [0.25, 0.3) is 0 Å². The molecule has 0 saturated carbocycles. The van der Waals surface area contributed by atoms with Gasteiger partial charge in [-0.2, -0.15) is 5.10 Å². The number of hydrogen-bond donors (Lipinski definition) is 1. The van der Waals surface area contributed by atoms with Crippen LogP contribution in [0.3, 0.4) is 0 Å². The lowest BCUT2D eigenvalue weighted by Crippen LogP contribution is -2.17. The van der Waals surface area contributed by atoms with Gasteiger partial charge in [0.05, 0.1) is 17.3 Å². The highest BCUT2D eigenvalue weighted by atomic mass is 79.9. The maximum absolute atomic E-state index is 12.3.